The molecule has 3 heterocycles. The van der Waals surface area contributed by atoms with Crippen molar-refractivity contribution in [1.82, 2.24) is 19.9 Å². The van der Waals surface area contributed by atoms with Crippen molar-refractivity contribution in [2.75, 3.05) is 0 Å². The second-order valence-electron chi connectivity index (χ2n) is 5.97. The van der Waals surface area contributed by atoms with Crippen molar-refractivity contribution in [3.8, 4) is 11.3 Å². The molecule has 130 valence electrons. The molecule has 0 fully saturated rings. The van der Waals surface area contributed by atoms with Gasteiger partial charge in [0.05, 0.1) is 5.69 Å². The lowest BCUT2D eigenvalue weighted by Gasteiger charge is -2.07. The van der Waals surface area contributed by atoms with Gasteiger partial charge >= 0.3 is 0 Å². The average Bonchev–Trinajstić information content (AvgIpc) is 3.35. The number of benzene rings is 1. The lowest BCUT2D eigenvalue weighted by Crippen LogP contribution is -2.24. The largest absolute Gasteiger partial charge is 0.347 e. The zero-order chi connectivity index (χ0) is 17.9. The number of hydrogen-bond acceptors (Lipinski definition) is 4. The molecule has 6 heteroatoms. The third kappa shape index (κ3) is 3.23. The fraction of sp³-hybridized carbons (Fsp3) is 0.150. The number of nitrogens with one attached hydrogen (secondary N) is 1. The van der Waals surface area contributed by atoms with E-state index >= 15 is 0 Å². The highest BCUT2D eigenvalue weighted by molar-refractivity contribution is 7.08. The number of aromatic nitrogens is 3. The minimum atomic E-state index is -0.177. The first kappa shape index (κ1) is 16.5. The molecular formula is C20H18N4OS. The quantitative estimate of drug-likeness (QED) is 0.585. The van der Waals surface area contributed by atoms with Crippen molar-refractivity contribution in [3.05, 3.63) is 76.2 Å². The molecule has 3 aromatic heterocycles. The molecule has 4 aromatic rings. The molecule has 0 bridgehead atoms. The summed E-state index contributed by atoms with van der Waals surface area (Å²) in [5, 5.41) is 11.7. The Morgan fingerprint density at radius 3 is 2.77 bits per heavy atom. The molecule has 1 amide bonds. The van der Waals surface area contributed by atoms with Crippen LogP contribution in [0.1, 0.15) is 28.7 Å². The van der Waals surface area contributed by atoms with E-state index in [0.717, 1.165) is 28.9 Å². The molecule has 4 rings (SSSR count). The van der Waals surface area contributed by atoms with Crippen molar-refractivity contribution in [3.63, 3.8) is 0 Å². The predicted molar refractivity (Wildman–Crippen MR) is 103 cm³/mol. The third-order valence-electron chi connectivity index (χ3n) is 4.21. The molecule has 0 aliphatic carbocycles. The molecule has 0 atom stereocenters. The summed E-state index contributed by atoms with van der Waals surface area (Å²) in [5.41, 5.74) is 5.06. The van der Waals surface area contributed by atoms with Crippen LogP contribution < -0.4 is 5.32 Å². The van der Waals surface area contributed by atoms with Crippen molar-refractivity contribution >= 4 is 22.9 Å². The zero-order valence-corrected chi connectivity index (χ0v) is 15.2. The van der Waals surface area contributed by atoms with E-state index in [0.29, 0.717) is 17.9 Å². The standard InChI is InChI=1S/C20H18N4OS/c1-2-16-10-18(20(25)21-12-14-6-4-3-5-7-14)22-19-11-17(23-24(16)19)15-8-9-26-13-15/h3-11,13H,2,12H2,1H3,(H,21,25). The van der Waals surface area contributed by atoms with Crippen LogP contribution >= 0.6 is 11.3 Å². The summed E-state index contributed by atoms with van der Waals surface area (Å²) in [6.07, 6.45) is 0.767. The summed E-state index contributed by atoms with van der Waals surface area (Å²) >= 11 is 1.63. The highest BCUT2D eigenvalue weighted by Crippen LogP contribution is 2.22. The molecular weight excluding hydrogens is 344 g/mol. The molecule has 5 nitrogen and oxygen atoms in total. The van der Waals surface area contributed by atoms with E-state index in [1.54, 1.807) is 11.3 Å². The summed E-state index contributed by atoms with van der Waals surface area (Å²) in [7, 11) is 0. The second-order valence-corrected chi connectivity index (χ2v) is 6.75. The summed E-state index contributed by atoms with van der Waals surface area (Å²) in [6.45, 7) is 2.53. The number of carbonyl (C=O) groups is 1. The van der Waals surface area contributed by atoms with Crippen LogP contribution in [0.2, 0.25) is 0 Å². The Morgan fingerprint density at radius 2 is 2.04 bits per heavy atom. The molecule has 26 heavy (non-hydrogen) atoms. The smallest absolute Gasteiger partial charge is 0.270 e. The topological polar surface area (TPSA) is 59.3 Å². The van der Waals surface area contributed by atoms with Crippen LogP contribution in [0.25, 0.3) is 16.9 Å². The number of aryl methyl sites for hydroxylation is 1. The number of amides is 1. The SMILES string of the molecule is CCc1cc(C(=O)NCc2ccccc2)nc2cc(-c3ccsc3)nn12. The van der Waals surface area contributed by atoms with Crippen LogP contribution in [0.4, 0.5) is 0 Å². The third-order valence-corrected chi connectivity index (χ3v) is 4.89. The predicted octanol–water partition coefficient (Wildman–Crippen LogP) is 3.95. The molecule has 0 radical (unpaired) electrons. The highest BCUT2D eigenvalue weighted by Gasteiger charge is 2.14. The van der Waals surface area contributed by atoms with Crippen LogP contribution in [0.15, 0.2) is 59.3 Å². The van der Waals surface area contributed by atoms with Crippen LogP contribution in [0, 0.1) is 0 Å². The Labute approximate surface area is 155 Å². The molecule has 1 N–H and O–H groups in total. The number of fused-ring (bicyclic) bond motifs is 1. The Morgan fingerprint density at radius 1 is 1.19 bits per heavy atom. The monoisotopic (exact) mass is 362 g/mol. The zero-order valence-electron chi connectivity index (χ0n) is 14.3. The van der Waals surface area contributed by atoms with Gasteiger partial charge < -0.3 is 5.32 Å². The second kappa shape index (κ2) is 7.09. The fourth-order valence-electron chi connectivity index (χ4n) is 2.83. The number of carbonyl (C=O) groups excluding carboxylic acids is 1. The summed E-state index contributed by atoms with van der Waals surface area (Å²) in [4.78, 5) is 17.1. The van der Waals surface area contributed by atoms with E-state index in [1.165, 1.54) is 0 Å². The lowest BCUT2D eigenvalue weighted by molar-refractivity contribution is 0.0946. The van der Waals surface area contributed by atoms with E-state index in [2.05, 4.69) is 20.8 Å². The Bertz CT molecular complexity index is 1040. The maximum atomic E-state index is 12.6. The van der Waals surface area contributed by atoms with E-state index in [4.69, 9.17) is 0 Å². The molecule has 1 aromatic carbocycles. The van der Waals surface area contributed by atoms with Gasteiger partial charge in [0.15, 0.2) is 5.65 Å². The first-order valence-electron chi connectivity index (χ1n) is 8.49. The van der Waals surface area contributed by atoms with Gasteiger partial charge in [-0.15, -0.1) is 0 Å². The molecule has 0 saturated carbocycles. The van der Waals surface area contributed by atoms with Gasteiger partial charge in [0.2, 0.25) is 0 Å². The van der Waals surface area contributed by atoms with Crippen molar-refractivity contribution < 1.29 is 4.79 Å². The maximum Gasteiger partial charge on any atom is 0.270 e. The number of thiophene rings is 1. The molecule has 0 aliphatic rings. The first-order chi connectivity index (χ1) is 12.7. The number of rotatable bonds is 5. The molecule has 0 unspecified atom stereocenters. The summed E-state index contributed by atoms with van der Waals surface area (Å²) in [6, 6.07) is 15.6. The van der Waals surface area contributed by atoms with E-state index in [9.17, 15) is 4.79 Å². The van der Waals surface area contributed by atoms with E-state index in [-0.39, 0.29) is 5.91 Å². The number of nitrogens with zero attached hydrogens (tertiary/aromatic N) is 3. The van der Waals surface area contributed by atoms with Crippen molar-refractivity contribution in [2.45, 2.75) is 19.9 Å². The van der Waals surface area contributed by atoms with Gasteiger partial charge in [-0.25, -0.2) is 9.50 Å². The van der Waals surface area contributed by atoms with Crippen molar-refractivity contribution in [1.29, 1.82) is 0 Å². The molecule has 0 spiro atoms. The maximum absolute atomic E-state index is 12.6. The van der Waals surface area contributed by atoms with Gasteiger partial charge in [-0.3, -0.25) is 4.79 Å². The van der Waals surface area contributed by atoms with Gasteiger partial charge in [0, 0.05) is 29.2 Å². The first-order valence-corrected chi connectivity index (χ1v) is 9.43. The summed E-state index contributed by atoms with van der Waals surface area (Å²) < 4.78 is 1.82. The highest BCUT2D eigenvalue weighted by atomic mass is 32.1. The Kier molecular flexibility index (Phi) is 4.50. The van der Waals surface area contributed by atoms with Gasteiger partial charge in [0.25, 0.3) is 5.91 Å². The van der Waals surface area contributed by atoms with Crippen LogP contribution in [-0.2, 0) is 13.0 Å². The molecule has 0 saturated heterocycles. The summed E-state index contributed by atoms with van der Waals surface area (Å²) in [5.74, 6) is -0.177. The van der Waals surface area contributed by atoms with Crippen LogP contribution in [0.3, 0.4) is 0 Å². The van der Waals surface area contributed by atoms with Gasteiger partial charge in [0.1, 0.15) is 5.69 Å². The van der Waals surface area contributed by atoms with Gasteiger partial charge in [-0.2, -0.15) is 16.4 Å². The van der Waals surface area contributed by atoms with Crippen LogP contribution in [0.5, 0.6) is 0 Å². The normalized spacial score (nSPS) is 11.0. The molecule has 0 aliphatic heterocycles. The minimum Gasteiger partial charge on any atom is -0.347 e. The Hall–Kier alpha value is -2.99. The average molecular weight is 362 g/mol. The minimum absolute atomic E-state index is 0.177. The number of hydrogen-bond donors (Lipinski definition) is 1. The van der Waals surface area contributed by atoms with Crippen LogP contribution in [-0.4, -0.2) is 20.5 Å². The fourth-order valence-corrected chi connectivity index (χ4v) is 3.47. The van der Waals surface area contributed by atoms with E-state index in [1.807, 2.05) is 65.4 Å². The Balaban J connectivity index is 1.63. The van der Waals surface area contributed by atoms with Gasteiger partial charge in [-0.05, 0) is 29.5 Å². The van der Waals surface area contributed by atoms with E-state index < -0.39 is 0 Å². The van der Waals surface area contributed by atoms with Crippen molar-refractivity contribution in [2.24, 2.45) is 0 Å². The lowest BCUT2D eigenvalue weighted by atomic mass is 10.2. The van der Waals surface area contributed by atoms with Gasteiger partial charge in [-0.1, -0.05) is 37.3 Å².